The minimum Gasteiger partial charge on any atom is -0.0622 e. The lowest BCUT2D eigenvalue weighted by Crippen LogP contribution is -2.27. The van der Waals surface area contributed by atoms with Crippen LogP contribution >= 0.6 is 0 Å². The summed E-state index contributed by atoms with van der Waals surface area (Å²) in [6, 6.07) is 0. The lowest BCUT2D eigenvalue weighted by atomic mass is 9.71. The molecule has 0 aromatic rings. The normalized spacial score (nSPS) is 33.8. The second kappa shape index (κ2) is 3.40. The highest BCUT2D eigenvalue weighted by Crippen LogP contribution is 2.43. The summed E-state index contributed by atoms with van der Waals surface area (Å²) in [4.78, 5) is 0. The Hall–Kier alpha value is 0. The van der Waals surface area contributed by atoms with E-state index in [0.717, 1.165) is 17.8 Å². The van der Waals surface area contributed by atoms with E-state index in [4.69, 9.17) is 0 Å². The molecule has 3 unspecified atom stereocenters. The SMILES string of the molecule is CC1CCCC1C(C)C(C)(C)C. The molecule has 12 heavy (non-hydrogen) atoms. The van der Waals surface area contributed by atoms with Crippen LogP contribution in [-0.2, 0) is 0 Å². The Morgan fingerprint density at radius 1 is 1.17 bits per heavy atom. The van der Waals surface area contributed by atoms with Gasteiger partial charge < -0.3 is 0 Å². The molecule has 0 saturated heterocycles. The summed E-state index contributed by atoms with van der Waals surface area (Å²) >= 11 is 0. The van der Waals surface area contributed by atoms with E-state index in [1.54, 1.807) is 0 Å². The van der Waals surface area contributed by atoms with Crippen LogP contribution in [0.3, 0.4) is 0 Å². The standard InChI is InChI=1S/C12H24/c1-9-7-6-8-11(9)10(2)12(3,4)5/h9-11H,6-8H2,1-5H3. The lowest BCUT2D eigenvalue weighted by molar-refractivity contribution is 0.150. The summed E-state index contributed by atoms with van der Waals surface area (Å²) in [5.74, 6) is 2.85. The van der Waals surface area contributed by atoms with Crippen LogP contribution in [0, 0.1) is 23.2 Å². The molecule has 0 N–H and O–H groups in total. The molecule has 1 aliphatic rings. The first-order valence-corrected chi connectivity index (χ1v) is 5.43. The number of hydrogen-bond acceptors (Lipinski definition) is 0. The zero-order chi connectivity index (χ0) is 9.35. The maximum atomic E-state index is 2.44. The number of rotatable bonds is 1. The van der Waals surface area contributed by atoms with Gasteiger partial charge in [0.2, 0.25) is 0 Å². The van der Waals surface area contributed by atoms with Crippen molar-refractivity contribution in [1.29, 1.82) is 0 Å². The third-order valence-electron chi connectivity index (χ3n) is 3.94. The molecule has 0 aromatic heterocycles. The van der Waals surface area contributed by atoms with E-state index in [-0.39, 0.29) is 0 Å². The maximum Gasteiger partial charge on any atom is -0.0354 e. The highest BCUT2D eigenvalue weighted by Gasteiger charge is 2.34. The summed E-state index contributed by atoms with van der Waals surface area (Å²) in [5.41, 5.74) is 0.503. The van der Waals surface area contributed by atoms with E-state index >= 15 is 0 Å². The fourth-order valence-corrected chi connectivity index (χ4v) is 2.56. The summed E-state index contributed by atoms with van der Waals surface area (Å²) in [5, 5.41) is 0. The van der Waals surface area contributed by atoms with Gasteiger partial charge >= 0.3 is 0 Å². The predicted molar refractivity (Wildman–Crippen MR) is 55.1 cm³/mol. The molecule has 3 atom stereocenters. The van der Waals surface area contributed by atoms with E-state index in [9.17, 15) is 0 Å². The van der Waals surface area contributed by atoms with E-state index in [1.165, 1.54) is 19.3 Å². The van der Waals surface area contributed by atoms with Gasteiger partial charge in [0, 0.05) is 0 Å². The lowest BCUT2D eigenvalue weighted by Gasteiger charge is -2.34. The van der Waals surface area contributed by atoms with Gasteiger partial charge in [-0.2, -0.15) is 0 Å². The Morgan fingerprint density at radius 3 is 2.08 bits per heavy atom. The van der Waals surface area contributed by atoms with Crippen molar-refractivity contribution in [2.24, 2.45) is 23.2 Å². The summed E-state index contributed by atoms with van der Waals surface area (Å²) in [7, 11) is 0. The van der Waals surface area contributed by atoms with Gasteiger partial charge in [-0.1, -0.05) is 47.5 Å². The third kappa shape index (κ3) is 2.02. The predicted octanol–water partition coefficient (Wildman–Crippen LogP) is 4.10. The quantitative estimate of drug-likeness (QED) is 0.553. The van der Waals surface area contributed by atoms with E-state index in [1.807, 2.05) is 0 Å². The van der Waals surface area contributed by atoms with Crippen molar-refractivity contribution in [3.8, 4) is 0 Å². The molecule has 0 nitrogen and oxygen atoms in total. The molecule has 0 spiro atoms. The van der Waals surface area contributed by atoms with Crippen LogP contribution in [0.2, 0.25) is 0 Å². The summed E-state index contributed by atoms with van der Waals surface area (Å²) in [6.45, 7) is 12.0. The van der Waals surface area contributed by atoms with Gasteiger partial charge in [-0.15, -0.1) is 0 Å². The van der Waals surface area contributed by atoms with E-state index in [0.29, 0.717) is 5.41 Å². The van der Waals surface area contributed by atoms with Crippen molar-refractivity contribution in [1.82, 2.24) is 0 Å². The van der Waals surface area contributed by atoms with Crippen molar-refractivity contribution in [2.75, 3.05) is 0 Å². The molecule has 0 aromatic carbocycles. The molecular weight excluding hydrogens is 144 g/mol. The highest BCUT2D eigenvalue weighted by molar-refractivity contribution is 4.84. The Bertz CT molecular complexity index is 141. The van der Waals surface area contributed by atoms with Crippen molar-refractivity contribution < 1.29 is 0 Å². The van der Waals surface area contributed by atoms with E-state index in [2.05, 4.69) is 34.6 Å². The molecule has 0 heterocycles. The molecule has 0 amide bonds. The monoisotopic (exact) mass is 168 g/mol. The maximum absolute atomic E-state index is 2.44. The average molecular weight is 168 g/mol. The fraction of sp³-hybridized carbons (Fsp3) is 1.00. The van der Waals surface area contributed by atoms with Crippen LogP contribution in [0.1, 0.15) is 53.9 Å². The molecule has 0 radical (unpaired) electrons. The van der Waals surface area contributed by atoms with Crippen LogP contribution in [0.4, 0.5) is 0 Å². The summed E-state index contributed by atoms with van der Waals surface area (Å²) < 4.78 is 0. The Labute approximate surface area is 77.7 Å². The van der Waals surface area contributed by atoms with Gasteiger partial charge in [0.1, 0.15) is 0 Å². The number of hydrogen-bond donors (Lipinski definition) is 0. The topological polar surface area (TPSA) is 0 Å². The second-order valence-electron chi connectivity index (χ2n) is 5.73. The molecule has 1 saturated carbocycles. The van der Waals surface area contributed by atoms with Crippen molar-refractivity contribution >= 4 is 0 Å². The van der Waals surface area contributed by atoms with Crippen LogP contribution < -0.4 is 0 Å². The third-order valence-corrected chi connectivity index (χ3v) is 3.94. The fourth-order valence-electron chi connectivity index (χ4n) is 2.56. The molecular formula is C12H24. The first-order chi connectivity index (χ1) is 5.43. The first-order valence-electron chi connectivity index (χ1n) is 5.43. The molecule has 0 heteroatoms. The van der Waals surface area contributed by atoms with Gasteiger partial charge in [0.25, 0.3) is 0 Å². The minimum atomic E-state index is 0.503. The Kier molecular flexibility index (Phi) is 2.85. The van der Waals surface area contributed by atoms with Crippen LogP contribution in [-0.4, -0.2) is 0 Å². The van der Waals surface area contributed by atoms with E-state index < -0.39 is 0 Å². The molecule has 72 valence electrons. The zero-order valence-corrected chi connectivity index (χ0v) is 9.35. The average Bonchev–Trinajstić information content (AvgIpc) is 2.31. The molecule has 1 fully saturated rings. The van der Waals surface area contributed by atoms with Gasteiger partial charge in [0.15, 0.2) is 0 Å². The first kappa shape index (κ1) is 10.1. The second-order valence-corrected chi connectivity index (χ2v) is 5.73. The Balaban J connectivity index is 2.57. The summed E-state index contributed by atoms with van der Waals surface area (Å²) in [6.07, 6.45) is 4.40. The minimum absolute atomic E-state index is 0.503. The van der Waals surface area contributed by atoms with Crippen LogP contribution in [0.25, 0.3) is 0 Å². The molecule has 0 bridgehead atoms. The van der Waals surface area contributed by atoms with Crippen molar-refractivity contribution in [3.05, 3.63) is 0 Å². The van der Waals surface area contributed by atoms with Gasteiger partial charge in [-0.3, -0.25) is 0 Å². The van der Waals surface area contributed by atoms with Crippen LogP contribution in [0.15, 0.2) is 0 Å². The van der Waals surface area contributed by atoms with Crippen molar-refractivity contribution in [2.45, 2.75) is 53.9 Å². The zero-order valence-electron chi connectivity index (χ0n) is 9.35. The molecule has 1 rings (SSSR count). The highest BCUT2D eigenvalue weighted by atomic mass is 14.4. The largest absolute Gasteiger partial charge is 0.0622 e. The van der Waals surface area contributed by atoms with Gasteiger partial charge in [-0.25, -0.2) is 0 Å². The Morgan fingerprint density at radius 2 is 1.75 bits per heavy atom. The van der Waals surface area contributed by atoms with Crippen molar-refractivity contribution in [3.63, 3.8) is 0 Å². The smallest absolute Gasteiger partial charge is 0.0354 e. The van der Waals surface area contributed by atoms with Crippen LogP contribution in [0.5, 0.6) is 0 Å². The molecule has 0 aliphatic heterocycles. The van der Waals surface area contributed by atoms with Gasteiger partial charge in [-0.05, 0) is 29.6 Å². The van der Waals surface area contributed by atoms with Gasteiger partial charge in [0.05, 0.1) is 0 Å². The molecule has 1 aliphatic carbocycles.